The molecule has 3 aromatic heterocycles. The van der Waals surface area contributed by atoms with Gasteiger partial charge < -0.3 is 15.8 Å². The summed E-state index contributed by atoms with van der Waals surface area (Å²) in [4.78, 5) is 20.9. The van der Waals surface area contributed by atoms with Crippen LogP contribution in [-0.2, 0) is 22.0 Å². The Morgan fingerprint density at radius 1 is 1.19 bits per heavy atom. The number of methoxy groups -OCH3 is 1. The predicted molar refractivity (Wildman–Crippen MR) is 139 cm³/mol. The fraction of sp³-hybridized carbons (Fsp3) is 0.280. The lowest BCUT2D eigenvalue weighted by molar-refractivity contribution is -0.136. The van der Waals surface area contributed by atoms with Gasteiger partial charge in [0, 0.05) is 30.4 Å². The van der Waals surface area contributed by atoms with E-state index in [1.807, 2.05) is 0 Å². The number of sulfonamides is 1. The molecule has 0 aliphatic carbocycles. The fourth-order valence-corrected chi connectivity index (χ4v) is 6.22. The average molecular weight is 612 g/mol. The molecule has 1 aliphatic heterocycles. The summed E-state index contributed by atoms with van der Waals surface area (Å²) < 4.78 is 103. The van der Waals surface area contributed by atoms with E-state index in [4.69, 9.17) is 10.5 Å². The van der Waals surface area contributed by atoms with Crippen LogP contribution in [0.25, 0.3) is 16.8 Å². The van der Waals surface area contributed by atoms with Crippen molar-refractivity contribution in [2.24, 2.45) is 0 Å². The van der Waals surface area contributed by atoms with E-state index in [-0.39, 0.29) is 28.3 Å². The monoisotopic (exact) mass is 611 g/mol. The molecule has 1 aliphatic rings. The second-order valence-electron chi connectivity index (χ2n) is 9.39. The van der Waals surface area contributed by atoms with Crippen LogP contribution in [0.4, 0.5) is 27.8 Å². The summed E-state index contributed by atoms with van der Waals surface area (Å²) in [5.74, 6) is -3.00. The largest absolute Gasteiger partial charge is 0.480 e. The minimum absolute atomic E-state index is 0.0156. The van der Waals surface area contributed by atoms with E-state index in [1.54, 1.807) is 0 Å². The summed E-state index contributed by atoms with van der Waals surface area (Å²) in [7, 11) is -2.94. The summed E-state index contributed by atoms with van der Waals surface area (Å²) in [5.41, 5.74) is 3.63. The maximum Gasteiger partial charge on any atom is 0.418 e. The van der Waals surface area contributed by atoms with Crippen LogP contribution >= 0.6 is 0 Å². The van der Waals surface area contributed by atoms with Crippen LogP contribution in [0, 0.1) is 5.82 Å². The van der Waals surface area contributed by atoms with E-state index in [9.17, 15) is 35.2 Å². The number of amides is 1. The zero-order chi connectivity index (χ0) is 30.4. The smallest absolute Gasteiger partial charge is 0.418 e. The number of carbonyl (C=O) groups is 1. The number of alkyl halides is 4. The van der Waals surface area contributed by atoms with Crippen molar-refractivity contribution in [2.45, 2.75) is 24.1 Å². The molecule has 0 bridgehead atoms. The summed E-state index contributed by atoms with van der Waals surface area (Å²) in [5, 5.41) is 6.26. The van der Waals surface area contributed by atoms with Crippen LogP contribution in [0.1, 0.15) is 21.5 Å². The van der Waals surface area contributed by atoms with E-state index in [0.29, 0.717) is 0 Å². The standard InChI is InChI=1S/C25H22F5N7O4S/c1-41-24-15(6-14(8-32-24)20-7-16(25(28,29)30)21-22(31)33-12-34-37(20)21)23(38)35-19-10-36(9-18(19)27)42(39,40)11-13-4-2-3-5-17(13)26/h2-8,12,18-19H,9-11H2,1H3,(H,35,38)(H2,31,33,34)/t18-,19+/m0/s1. The lowest BCUT2D eigenvalue weighted by Gasteiger charge is -2.17. The number of carbonyl (C=O) groups excluding carboxylic acids is 1. The molecular weight excluding hydrogens is 589 g/mol. The molecule has 4 heterocycles. The van der Waals surface area contributed by atoms with Gasteiger partial charge in [0.25, 0.3) is 5.91 Å². The molecule has 0 radical (unpaired) electrons. The Hall–Kier alpha value is -4.38. The molecule has 1 fully saturated rings. The highest BCUT2D eigenvalue weighted by Crippen LogP contribution is 2.39. The van der Waals surface area contributed by atoms with Crippen molar-refractivity contribution in [1.29, 1.82) is 0 Å². The van der Waals surface area contributed by atoms with Gasteiger partial charge in [-0.15, -0.1) is 0 Å². The third-order valence-corrected chi connectivity index (χ3v) is 8.45. The van der Waals surface area contributed by atoms with E-state index < -0.39 is 75.9 Å². The van der Waals surface area contributed by atoms with Crippen molar-refractivity contribution in [3.05, 3.63) is 71.4 Å². The Bertz CT molecular complexity index is 1780. The number of rotatable bonds is 7. The summed E-state index contributed by atoms with van der Waals surface area (Å²) in [6, 6.07) is 5.94. The highest BCUT2D eigenvalue weighted by molar-refractivity contribution is 7.88. The number of halogens is 5. The molecule has 1 amide bonds. The number of nitrogens with zero attached hydrogens (tertiary/aromatic N) is 5. The van der Waals surface area contributed by atoms with Crippen molar-refractivity contribution in [1.82, 2.24) is 29.2 Å². The number of benzene rings is 1. The molecule has 222 valence electrons. The van der Waals surface area contributed by atoms with Gasteiger partial charge in [0.05, 0.1) is 30.2 Å². The number of fused-ring (bicyclic) bond motifs is 1. The Balaban J connectivity index is 1.42. The first kappa shape index (κ1) is 29.1. The quantitative estimate of drug-likeness (QED) is 0.304. The molecule has 17 heteroatoms. The first-order valence-corrected chi connectivity index (χ1v) is 13.8. The first-order chi connectivity index (χ1) is 19.8. The lowest BCUT2D eigenvalue weighted by Crippen LogP contribution is -2.42. The minimum atomic E-state index is -4.81. The van der Waals surface area contributed by atoms with Crippen LogP contribution in [-0.4, -0.2) is 70.6 Å². The molecule has 5 rings (SSSR count). The summed E-state index contributed by atoms with van der Waals surface area (Å²) in [6.07, 6.45) is -4.50. The maximum atomic E-state index is 14.9. The van der Waals surface area contributed by atoms with Gasteiger partial charge in [-0.1, -0.05) is 18.2 Å². The molecule has 2 atom stereocenters. The highest BCUT2D eigenvalue weighted by Gasteiger charge is 2.41. The average Bonchev–Trinajstić information content (AvgIpc) is 3.52. The number of hydrogen-bond donors (Lipinski definition) is 2. The van der Waals surface area contributed by atoms with Crippen molar-refractivity contribution < 1.29 is 39.9 Å². The predicted octanol–water partition coefficient (Wildman–Crippen LogP) is 2.82. The van der Waals surface area contributed by atoms with Crippen LogP contribution in [0.5, 0.6) is 5.88 Å². The zero-order valence-corrected chi connectivity index (χ0v) is 22.5. The molecule has 1 aromatic carbocycles. The second-order valence-corrected chi connectivity index (χ2v) is 11.4. The SMILES string of the molecule is COc1ncc(-c2cc(C(F)(F)F)c3c(N)ncnn23)cc1C(=O)N[C@@H]1CN(S(=O)(=O)Cc2ccccc2F)C[C@@H]1F. The third-order valence-electron chi connectivity index (χ3n) is 6.69. The minimum Gasteiger partial charge on any atom is -0.480 e. The number of hydrogen-bond acceptors (Lipinski definition) is 8. The van der Waals surface area contributed by atoms with Gasteiger partial charge in [-0.25, -0.2) is 31.7 Å². The van der Waals surface area contributed by atoms with Crippen molar-refractivity contribution in [3.63, 3.8) is 0 Å². The number of pyridine rings is 1. The number of nitrogens with one attached hydrogen (secondary N) is 1. The number of ether oxygens (including phenoxy) is 1. The number of aromatic nitrogens is 4. The highest BCUT2D eigenvalue weighted by atomic mass is 32.2. The molecule has 0 unspecified atom stereocenters. The molecule has 0 saturated carbocycles. The lowest BCUT2D eigenvalue weighted by atomic mass is 10.1. The van der Waals surface area contributed by atoms with E-state index in [0.717, 1.165) is 33.5 Å². The van der Waals surface area contributed by atoms with E-state index >= 15 is 0 Å². The van der Waals surface area contributed by atoms with Crippen molar-refractivity contribution in [2.75, 3.05) is 25.9 Å². The Labute approximate surface area is 235 Å². The molecule has 4 aromatic rings. The van der Waals surface area contributed by atoms with Gasteiger partial charge in [0.1, 0.15) is 29.4 Å². The molecule has 1 saturated heterocycles. The van der Waals surface area contributed by atoms with Gasteiger partial charge in [0.15, 0.2) is 5.82 Å². The van der Waals surface area contributed by atoms with Crippen molar-refractivity contribution >= 4 is 27.3 Å². The Morgan fingerprint density at radius 2 is 1.93 bits per heavy atom. The first-order valence-electron chi connectivity index (χ1n) is 12.2. The number of anilines is 1. The van der Waals surface area contributed by atoms with E-state index in [2.05, 4.69) is 20.4 Å². The molecular formula is C25H22F5N7O4S. The van der Waals surface area contributed by atoms with Crippen LogP contribution in [0.2, 0.25) is 0 Å². The van der Waals surface area contributed by atoms with Gasteiger partial charge in [-0.2, -0.15) is 22.6 Å². The Kier molecular flexibility index (Phi) is 7.48. The molecule has 42 heavy (non-hydrogen) atoms. The number of nitrogens with two attached hydrogens (primary N) is 1. The van der Waals surface area contributed by atoms with Gasteiger partial charge in [-0.3, -0.25) is 4.79 Å². The summed E-state index contributed by atoms with van der Waals surface area (Å²) >= 11 is 0. The van der Waals surface area contributed by atoms with Gasteiger partial charge in [-0.05, 0) is 18.2 Å². The van der Waals surface area contributed by atoms with Gasteiger partial charge in [0.2, 0.25) is 15.9 Å². The Morgan fingerprint density at radius 3 is 2.62 bits per heavy atom. The van der Waals surface area contributed by atoms with E-state index in [1.165, 1.54) is 31.4 Å². The molecule has 3 N–H and O–H groups in total. The maximum absolute atomic E-state index is 14.9. The molecule has 11 nitrogen and oxygen atoms in total. The van der Waals surface area contributed by atoms with Crippen LogP contribution in [0.15, 0.2) is 48.9 Å². The topological polar surface area (TPSA) is 145 Å². The fourth-order valence-electron chi connectivity index (χ4n) is 4.65. The van der Waals surface area contributed by atoms with Crippen LogP contribution < -0.4 is 15.8 Å². The van der Waals surface area contributed by atoms with Gasteiger partial charge >= 0.3 is 6.18 Å². The normalized spacial score (nSPS) is 18.0. The third kappa shape index (κ3) is 5.44. The van der Waals surface area contributed by atoms with Crippen LogP contribution in [0.3, 0.4) is 0 Å². The zero-order valence-electron chi connectivity index (χ0n) is 21.6. The number of nitrogen functional groups attached to an aromatic ring is 1. The molecule has 0 spiro atoms. The van der Waals surface area contributed by atoms with Crippen molar-refractivity contribution in [3.8, 4) is 17.1 Å². The second kappa shape index (κ2) is 10.8. The summed E-state index contributed by atoms with van der Waals surface area (Å²) in [6.45, 7) is -1.01.